The van der Waals surface area contributed by atoms with E-state index < -0.39 is 12.0 Å². The van der Waals surface area contributed by atoms with Gasteiger partial charge in [-0.05, 0) is 23.8 Å². The topological polar surface area (TPSA) is 68.5 Å². The maximum absolute atomic E-state index is 11.2. The van der Waals surface area contributed by atoms with Crippen molar-refractivity contribution in [3.05, 3.63) is 42.1 Å². The molecule has 1 fully saturated rings. The van der Waals surface area contributed by atoms with Gasteiger partial charge < -0.3 is 10.5 Å². The summed E-state index contributed by atoms with van der Waals surface area (Å²) in [6.07, 6.45) is 1.30. The number of benzene rings is 1. The van der Waals surface area contributed by atoms with Crippen molar-refractivity contribution >= 4 is 16.8 Å². The van der Waals surface area contributed by atoms with Crippen molar-refractivity contribution in [3.8, 4) is 0 Å². The Morgan fingerprint density at radius 3 is 3.20 bits per heavy atom. The van der Waals surface area contributed by atoms with Crippen molar-refractivity contribution in [3.63, 3.8) is 0 Å². The number of hydrogen-bond donors (Lipinski definition) is 1. The molecule has 2 heterocycles. The SMILES string of the molecule is NC(=O)C1CN(Cc2ccc3ncccc3c2)CCO1. The monoisotopic (exact) mass is 271 g/mol. The van der Waals surface area contributed by atoms with E-state index in [9.17, 15) is 4.79 Å². The number of aromatic nitrogens is 1. The molecule has 3 rings (SSSR count). The van der Waals surface area contributed by atoms with Gasteiger partial charge in [0, 0.05) is 31.2 Å². The highest BCUT2D eigenvalue weighted by atomic mass is 16.5. The predicted molar refractivity (Wildman–Crippen MR) is 76.0 cm³/mol. The van der Waals surface area contributed by atoms with Gasteiger partial charge in [0.15, 0.2) is 0 Å². The molecule has 2 aromatic rings. The van der Waals surface area contributed by atoms with Gasteiger partial charge in [0.25, 0.3) is 0 Å². The highest BCUT2D eigenvalue weighted by Gasteiger charge is 2.24. The lowest BCUT2D eigenvalue weighted by atomic mass is 10.1. The van der Waals surface area contributed by atoms with Gasteiger partial charge in [0.05, 0.1) is 12.1 Å². The zero-order chi connectivity index (χ0) is 13.9. The molecule has 1 aliphatic rings. The molecule has 5 heteroatoms. The summed E-state index contributed by atoms with van der Waals surface area (Å²) in [5, 5.41) is 1.13. The van der Waals surface area contributed by atoms with E-state index in [1.807, 2.05) is 12.1 Å². The molecule has 1 aromatic heterocycles. The number of ether oxygens (including phenoxy) is 1. The first-order valence-electron chi connectivity index (χ1n) is 6.69. The van der Waals surface area contributed by atoms with E-state index in [-0.39, 0.29) is 0 Å². The summed E-state index contributed by atoms with van der Waals surface area (Å²) < 4.78 is 5.35. The van der Waals surface area contributed by atoms with Gasteiger partial charge in [-0.1, -0.05) is 12.1 Å². The van der Waals surface area contributed by atoms with Gasteiger partial charge in [-0.15, -0.1) is 0 Å². The Labute approximate surface area is 117 Å². The van der Waals surface area contributed by atoms with Crippen LogP contribution in [0.1, 0.15) is 5.56 Å². The molecule has 0 aliphatic carbocycles. The van der Waals surface area contributed by atoms with Crippen LogP contribution in [0, 0.1) is 0 Å². The summed E-state index contributed by atoms with van der Waals surface area (Å²) in [5.41, 5.74) is 7.50. The Morgan fingerprint density at radius 2 is 2.35 bits per heavy atom. The van der Waals surface area contributed by atoms with Crippen molar-refractivity contribution in [2.45, 2.75) is 12.6 Å². The number of rotatable bonds is 3. The molecule has 5 nitrogen and oxygen atoms in total. The molecule has 2 N–H and O–H groups in total. The van der Waals surface area contributed by atoms with Crippen LogP contribution in [0.15, 0.2) is 36.5 Å². The lowest BCUT2D eigenvalue weighted by Gasteiger charge is -2.31. The van der Waals surface area contributed by atoms with Crippen LogP contribution in [0.2, 0.25) is 0 Å². The van der Waals surface area contributed by atoms with Crippen molar-refractivity contribution in [1.29, 1.82) is 0 Å². The maximum atomic E-state index is 11.2. The fraction of sp³-hybridized carbons (Fsp3) is 0.333. The van der Waals surface area contributed by atoms with Crippen molar-refractivity contribution < 1.29 is 9.53 Å². The van der Waals surface area contributed by atoms with E-state index in [0.29, 0.717) is 13.2 Å². The minimum absolute atomic E-state index is 0.391. The van der Waals surface area contributed by atoms with Gasteiger partial charge in [-0.2, -0.15) is 0 Å². The molecule has 1 amide bonds. The summed E-state index contributed by atoms with van der Waals surface area (Å²) in [6.45, 7) is 2.70. The number of amides is 1. The molecule has 1 atom stereocenters. The number of carbonyl (C=O) groups excluding carboxylic acids is 1. The van der Waals surface area contributed by atoms with Crippen LogP contribution >= 0.6 is 0 Å². The predicted octanol–water partition coefficient (Wildman–Crippen LogP) is 0.921. The maximum Gasteiger partial charge on any atom is 0.247 e. The lowest BCUT2D eigenvalue weighted by molar-refractivity contribution is -0.135. The fourth-order valence-electron chi connectivity index (χ4n) is 2.50. The molecular formula is C15H17N3O2. The van der Waals surface area contributed by atoms with E-state index in [0.717, 1.165) is 24.0 Å². The first kappa shape index (κ1) is 13.0. The lowest BCUT2D eigenvalue weighted by Crippen LogP contribution is -2.47. The van der Waals surface area contributed by atoms with Crippen molar-refractivity contribution in [1.82, 2.24) is 9.88 Å². The minimum atomic E-state index is -0.495. The van der Waals surface area contributed by atoms with Crippen LogP contribution in [-0.4, -0.2) is 41.6 Å². The Kier molecular flexibility index (Phi) is 3.62. The van der Waals surface area contributed by atoms with Gasteiger partial charge in [-0.25, -0.2) is 0 Å². The van der Waals surface area contributed by atoms with Gasteiger partial charge >= 0.3 is 0 Å². The smallest absolute Gasteiger partial charge is 0.247 e. The highest BCUT2D eigenvalue weighted by Crippen LogP contribution is 2.16. The van der Waals surface area contributed by atoms with Crippen LogP contribution in [0.3, 0.4) is 0 Å². The van der Waals surface area contributed by atoms with E-state index in [1.54, 1.807) is 6.20 Å². The standard InChI is InChI=1S/C15H17N3O2/c16-15(19)14-10-18(6-7-20-14)9-11-3-4-13-12(8-11)2-1-5-17-13/h1-5,8,14H,6-7,9-10H2,(H2,16,19). The molecule has 20 heavy (non-hydrogen) atoms. The Bertz CT molecular complexity index is 629. The average molecular weight is 271 g/mol. The molecule has 1 saturated heterocycles. The molecule has 0 radical (unpaired) electrons. The zero-order valence-electron chi connectivity index (χ0n) is 11.2. The van der Waals surface area contributed by atoms with E-state index >= 15 is 0 Å². The summed E-state index contributed by atoms with van der Waals surface area (Å²) in [6, 6.07) is 10.2. The third-order valence-corrected chi connectivity index (χ3v) is 3.54. The minimum Gasteiger partial charge on any atom is -0.367 e. The summed E-state index contributed by atoms with van der Waals surface area (Å²) in [7, 11) is 0. The molecule has 1 unspecified atom stereocenters. The summed E-state index contributed by atoms with van der Waals surface area (Å²) >= 11 is 0. The molecular weight excluding hydrogens is 254 g/mol. The number of nitrogens with zero attached hydrogens (tertiary/aromatic N) is 2. The summed E-state index contributed by atoms with van der Waals surface area (Å²) in [5.74, 6) is -0.391. The molecule has 0 bridgehead atoms. The Balaban J connectivity index is 1.74. The Morgan fingerprint density at radius 1 is 1.45 bits per heavy atom. The van der Waals surface area contributed by atoms with Gasteiger partial charge in [-0.3, -0.25) is 14.7 Å². The fourth-order valence-corrected chi connectivity index (χ4v) is 2.50. The average Bonchev–Trinajstić information content (AvgIpc) is 2.47. The first-order valence-corrected chi connectivity index (χ1v) is 6.69. The molecule has 1 aromatic carbocycles. The number of hydrogen-bond acceptors (Lipinski definition) is 4. The normalized spacial score (nSPS) is 20.1. The second-order valence-electron chi connectivity index (χ2n) is 5.03. The second-order valence-corrected chi connectivity index (χ2v) is 5.03. The number of nitrogens with two attached hydrogens (primary N) is 1. The second kappa shape index (κ2) is 5.56. The number of pyridine rings is 1. The van der Waals surface area contributed by atoms with Crippen LogP contribution in [0.5, 0.6) is 0 Å². The number of carbonyl (C=O) groups is 1. The Hall–Kier alpha value is -1.98. The number of morpholine rings is 1. The molecule has 104 valence electrons. The van der Waals surface area contributed by atoms with Gasteiger partial charge in [0.1, 0.15) is 6.10 Å². The summed E-state index contributed by atoms with van der Waals surface area (Å²) in [4.78, 5) is 17.7. The van der Waals surface area contributed by atoms with Crippen LogP contribution in [0.25, 0.3) is 10.9 Å². The molecule has 1 aliphatic heterocycles. The number of primary amides is 1. The van der Waals surface area contributed by atoms with E-state index in [1.165, 1.54) is 5.56 Å². The van der Waals surface area contributed by atoms with E-state index in [2.05, 4.69) is 28.1 Å². The van der Waals surface area contributed by atoms with Crippen LogP contribution in [-0.2, 0) is 16.1 Å². The quantitative estimate of drug-likeness (QED) is 0.901. The number of fused-ring (bicyclic) bond motifs is 1. The van der Waals surface area contributed by atoms with Crippen LogP contribution in [0.4, 0.5) is 0 Å². The van der Waals surface area contributed by atoms with Crippen LogP contribution < -0.4 is 5.73 Å². The molecule has 0 spiro atoms. The third-order valence-electron chi connectivity index (χ3n) is 3.54. The molecule has 0 saturated carbocycles. The zero-order valence-corrected chi connectivity index (χ0v) is 11.2. The first-order chi connectivity index (χ1) is 9.72. The van der Waals surface area contributed by atoms with Crippen molar-refractivity contribution in [2.24, 2.45) is 5.73 Å². The van der Waals surface area contributed by atoms with Crippen molar-refractivity contribution in [2.75, 3.05) is 19.7 Å². The third kappa shape index (κ3) is 2.79. The largest absolute Gasteiger partial charge is 0.367 e. The highest BCUT2D eigenvalue weighted by molar-refractivity contribution is 5.79. The van der Waals surface area contributed by atoms with E-state index in [4.69, 9.17) is 10.5 Å². The van der Waals surface area contributed by atoms with Gasteiger partial charge in [0.2, 0.25) is 5.91 Å².